The monoisotopic (exact) mass is 317 g/mol. The molecule has 1 saturated carbocycles. The smallest absolute Gasteiger partial charge is 0.142 e. The molecule has 23 heavy (non-hydrogen) atoms. The highest BCUT2D eigenvalue weighted by Gasteiger charge is 2.64. The Morgan fingerprint density at radius 2 is 1.91 bits per heavy atom. The van der Waals surface area contributed by atoms with Crippen LogP contribution >= 0.6 is 0 Å². The molecule has 1 heterocycles. The summed E-state index contributed by atoms with van der Waals surface area (Å²) in [5.74, 6) is 0.111. The largest absolute Gasteiger partial charge is 0.362 e. The van der Waals surface area contributed by atoms with E-state index in [1.54, 1.807) is 6.08 Å². The lowest BCUT2D eigenvalue weighted by Gasteiger charge is -2.62. The van der Waals surface area contributed by atoms with Crippen molar-refractivity contribution in [1.29, 1.82) is 0 Å². The summed E-state index contributed by atoms with van der Waals surface area (Å²) in [5.41, 5.74) is 6.60. The summed E-state index contributed by atoms with van der Waals surface area (Å²) in [7, 11) is 0. The van der Waals surface area contributed by atoms with Gasteiger partial charge >= 0.3 is 0 Å². The molecule has 1 aliphatic heterocycles. The van der Waals surface area contributed by atoms with Crippen molar-refractivity contribution < 1.29 is 9.53 Å². The number of nitrogens with two attached hydrogens (primary N) is 1. The van der Waals surface area contributed by atoms with Gasteiger partial charge in [0, 0.05) is 11.8 Å². The lowest BCUT2D eigenvalue weighted by molar-refractivity contribution is -0.210. The molecular weight excluding hydrogens is 286 g/mol. The van der Waals surface area contributed by atoms with Gasteiger partial charge in [-0.15, -0.1) is 6.58 Å². The summed E-state index contributed by atoms with van der Waals surface area (Å²) in [6.45, 7) is 14.7. The Bertz CT molecular complexity index is 592. The summed E-state index contributed by atoms with van der Waals surface area (Å²) >= 11 is 0. The Labute approximate surface area is 140 Å². The van der Waals surface area contributed by atoms with Crippen molar-refractivity contribution in [1.82, 2.24) is 0 Å². The summed E-state index contributed by atoms with van der Waals surface area (Å²) in [6.07, 6.45) is 7.70. The first-order chi connectivity index (χ1) is 10.5. The predicted molar refractivity (Wildman–Crippen MR) is 93.0 cm³/mol. The normalized spacial score (nSPS) is 49.0. The number of ether oxygens (including phenoxy) is 1. The van der Waals surface area contributed by atoms with Crippen molar-refractivity contribution in [2.45, 2.75) is 77.5 Å². The predicted octanol–water partition coefficient (Wildman–Crippen LogP) is 3.78. The van der Waals surface area contributed by atoms with E-state index < -0.39 is 11.2 Å². The molecule has 3 nitrogen and oxygen atoms in total. The number of ketones is 1. The highest BCUT2D eigenvalue weighted by atomic mass is 16.5. The van der Waals surface area contributed by atoms with Crippen LogP contribution in [0, 0.1) is 16.7 Å². The molecule has 1 saturated heterocycles. The van der Waals surface area contributed by atoms with Gasteiger partial charge in [-0.05, 0) is 32.1 Å². The topological polar surface area (TPSA) is 52.3 Å². The van der Waals surface area contributed by atoms with Gasteiger partial charge in [-0.3, -0.25) is 4.79 Å². The van der Waals surface area contributed by atoms with E-state index in [0.717, 1.165) is 19.3 Å². The van der Waals surface area contributed by atoms with Gasteiger partial charge in [0.2, 0.25) is 0 Å². The van der Waals surface area contributed by atoms with Crippen molar-refractivity contribution in [3.05, 3.63) is 24.3 Å². The van der Waals surface area contributed by atoms with Gasteiger partial charge in [0.05, 0.1) is 23.2 Å². The minimum Gasteiger partial charge on any atom is -0.362 e. The Morgan fingerprint density at radius 1 is 1.26 bits per heavy atom. The zero-order chi connectivity index (χ0) is 17.3. The van der Waals surface area contributed by atoms with Gasteiger partial charge in [0.25, 0.3) is 0 Å². The molecule has 5 atom stereocenters. The summed E-state index contributed by atoms with van der Waals surface area (Å²) in [5, 5.41) is 0. The Hall–Kier alpha value is -0.930. The van der Waals surface area contributed by atoms with Crippen molar-refractivity contribution in [2.75, 3.05) is 0 Å². The van der Waals surface area contributed by atoms with Gasteiger partial charge in [-0.2, -0.15) is 0 Å². The molecule has 3 heteroatoms. The highest BCUT2D eigenvalue weighted by molar-refractivity contribution is 5.86. The van der Waals surface area contributed by atoms with Crippen LogP contribution in [0.1, 0.15) is 60.3 Å². The number of carbonyl (C=O) groups is 1. The fourth-order valence-corrected chi connectivity index (χ4v) is 5.73. The maximum atomic E-state index is 13.2. The van der Waals surface area contributed by atoms with Crippen LogP contribution in [-0.2, 0) is 9.53 Å². The van der Waals surface area contributed by atoms with Crippen LogP contribution in [0.25, 0.3) is 0 Å². The average molecular weight is 317 g/mol. The summed E-state index contributed by atoms with van der Waals surface area (Å²) < 4.78 is 6.47. The zero-order valence-electron chi connectivity index (χ0n) is 15.2. The standard InChI is InChI=1S/C20H31NO2/c1-7-18(4)12-13(22)16-19(5)10-8-9-17(2,3)14(19)11-15(21)20(16,6)23-18/h7,11,15-16H,1,8-10,12,21H2,2-6H3/t15-,16?,18+,19?,20?/m1/s1. The SMILES string of the molecule is C=C[C@@]1(C)CC(=O)C2C3(C)CCCC(C)(C)C3=C[C@@H](N)C2(C)O1. The lowest BCUT2D eigenvalue weighted by atomic mass is 9.47. The van der Waals surface area contributed by atoms with E-state index in [1.165, 1.54) is 5.57 Å². The first kappa shape index (κ1) is 16.9. The van der Waals surface area contributed by atoms with E-state index in [2.05, 4.69) is 33.4 Å². The van der Waals surface area contributed by atoms with Crippen LogP contribution in [0.2, 0.25) is 0 Å². The second-order valence-electron chi connectivity index (χ2n) is 9.14. The Kier molecular flexibility index (Phi) is 3.53. The number of rotatable bonds is 1. The summed E-state index contributed by atoms with van der Waals surface area (Å²) in [4.78, 5) is 13.2. The first-order valence-electron chi connectivity index (χ1n) is 8.83. The minimum absolute atomic E-state index is 0.103. The van der Waals surface area contributed by atoms with E-state index in [1.807, 2.05) is 13.8 Å². The molecule has 0 radical (unpaired) electrons. The molecule has 3 unspecified atom stereocenters. The van der Waals surface area contributed by atoms with Crippen molar-refractivity contribution in [2.24, 2.45) is 22.5 Å². The van der Waals surface area contributed by atoms with Crippen molar-refractivity contribution >= 4 is 5.78 Å². The second kappa shape index (κ2) is 4.80. The van der Waals surface area contributed by atoms with E-state index in [4.69, 9.17) is 10.5 Å². The zero-order valence-corrected chi connectivity index (χ0v) is 15.2. The molecular formula is C20H31NO2. The number of hydrogen-bond acceptors (Lipinski definition) is 3. The third-order valence-electron chi connectivity index (χ3n) is 6.79. The molecule has 2 aliphatic carbocycles. The molecule has 2 N–H and O–H groups in total. The van der Waals surface area contributed by atoms with Crippen molar-refractivity contribution in [3.8, 4) is 0 Å². The average Bonchev–Trinajstić information content (AvgIpc) is 2.40. The van der Waals surface area contributed by atoms with Crippen LogP contribution in [0.15, 0.2) is 24.3 Å². The lowest BCUT2D eigenvalue weighted by Crippen LogP contribution is -2.69. The van der Waals surface area contributed by atoms with Crippen LogP contribution in [-0.4, -0.2) is 23.0 Å². The quantitative estimate of drug-likeness (QED) is 0.749. The second-order valence-corrected chi connectivity index (χ2v) is 9.14. The van der Waals surface area contributed by atoms with Gasteiger partial charge in [-0.1, -0.05) is 44.9 Å². The van der Waals surface area contributed by atoms with E-state index in [-0.39, 0.29) is 28.6 Å². The van der Waals surface area contributed by atoms with Crippen LogP contribution in [0.5, 0.6) is 0 Å². The molecule has 0 amide bonds. The Balaban J connectivity index is 2.17. The number of allylic oxidation sites excluding steroid dienone is 1. The van der Waals surface area contributed by atoms with E-state index in [9.17, 15) is 4.79 Å². The number of hydrogen-bond donors (Lipinski definition) is 1. The number of carbonyl (C=O) groups excluding carboxylic acids is 1. The fraction of sp³-hybridized carbons (Fsp3) is 0.750. The highest BCUT2D eigenvalue weighted by Crippen LogP contribution is 2.62. The first-order valence-corrected chi connectivity index (χ1v) is 8.83. The third-order valence-corrected chi connectivity index (χ3v) is 6.79. The Morgan fingerprint density at radius 3 is 2.52 bits per heavy atom. The number of Topliss-reactive ketones (excluding diaryl/α,β-unsaturated/α-hetero) is 1. The molecule has 0 aromatic carbocycles. The summed E-state index contributed by atoms with van der Waals surface area (Å²) in [6, 6.07) is -0.267. The van der Waals surface area contributed by atoms with Crippen molar-refractivity contribution in [3.63, 3.8) is 0 Å². The minimum atomic E-state index is -0.663. The van der Waals surface area contributed by atoms with Gasteiger partial charge < -0.3 is 10.5 Å². The fourth-order valence-electron chi connectivity index (χ4n) is 5.73. The van der Waals surface area contributed by atoms with Crippen LogP contribution in [0.4, 0.5) is 0 Å². The van der Waals surface area contributed by atoms with Crippen LogP contribution in [0.3, 0.4) is 0 Å². The van der Waals surface area contributed by atoms with Gasteiger partial charge in [0.15, 0.2) is 0 Å². The molecule has 128 valence electrons. The maximum absolute atomic E-state index is 13.2. The van der Waals surface area contributed by atoms with Crippen LogP contribution < -0.4 is 5.73 Å². The molecule has 0 spiro atoms. The van der Waals surface area contributed by atoms with Gasteiger partial charge in [-0.25, -0.2) is 0 Å². The number of fused-ring (bicyclic) bond motifs is 3. The maximum Gasteiger partial charge on any atom is 0.142 e. The molecule has 3 rings (SSSR count). The molecule has 0 bridgehead atoms. The van der Waals surface area contributed by atoms with Gasteiger partial charge in [0.1, 0.15) is 5.78 Å². The van der Waals surface area contributed by atoms with E-state index in [0.29, 0.717) is 6.42 Å². The molecule has 2 fully saturated rings. The third kappa shape index (κ3) is 2.20. The van der Waals surface area contributed by atoms with E-state index >= 15 is 0 Å². The molecule has 0 aromatic rings. The molecule has 3 aliphatic rings. The molecule has 0 aromatic heterocycles.